The molecule has 0 aliphatic heterocycles. The lowest BCUT2D eigenvalue weighted by Crippen LogP contribution is -2.16. The maximum absolute atomic E-state index is 13.6. The van der Waals surface area contributed by atoms with Gasteiger partial charge in [-0.3, -0.25) is 4.68 Å². The molecule has 2 aromatic rings. The first-order valence-corrected chi connectivity index (χ1v) is 7.01. The van der Waals surface area contributed by atoms with Crippen LogP contribution in [0.1, 0.15) is 35.0 Å². The van der Waals surface area contributed by atoms with Crippen molar-refractivity contribution < 1.29 is 4.39 Å². The fourth-order valence-electron chi connectivity index (χ4n) is 2.49. The molecule has 1 N–H and O–H groups in total. The highest BCUT2D eigenvalue weighted by atomic mass is 19.1. The topological polar surface area (TPSA) is 29.9 Å². The monoisotopic (exact) mass is 275 g/mol. The van der Waals surface area contributed by atoms with Gasteiger partial charge < -0.3 is 5.32 Å². The van der Waals surface area contributed by atoms with Crippen LogP contribution >= 0.6 is 0 Å². The minimum Gasteiger partial charge on any atom is -0.307 e. The van der Waals surface area contributed by atoms with Crippen molar-refractivity contribution in [1.82, 2.24) is 15.1 Å². The standard InChI is InChI=1S/C16H22FN3/c1-5-20-15(8-13(4)19-20)10-18-9-14-6-11(2)16(17)12(3)7-14/h6-8,18H,5,9-10H2,1-4H3. The number of halogens is 1. The summed E-state index contributed by atoms with van der Waals surface area (Å²) in [5, 5.41) is 7.82. The van der Waals surface area contributed by atoms with Crippen LogP contribution < -0.4 is 5.32 Å². The molecule has 4 heteroatoms. The van der Waals surface area contributed by atoms with Crippen LogP contribution in [0.5, 0.6) is 0 Å². The molecule has 108 valence electrons. The Labute approximate surface area is 119 Å². The second-order valence-corrected chi connectivity index (χ2v) is 5.24. The van der Waals surface area contributed by atoms with E-state index in [0.29, 0.717) is 11.1 Å². The highest BCUT2D eigenvalue weighted by molar-refractivity contribution is 5.30. The molecular formula is C16H22FN3. The average Bonchev–Trinajstić information content (AvgIpc) is 2.76. The van der Waals surface area contributed by atoms with E-state index in [0.717, 1.165) is 30.9 Å². The lowest BCUT2D eigenvalue weighted by Gasteiger charge is -2.09. The molecule has 0 aliphatic rings. The summed E-state index contributed by atoms with van der Waals surface area (Å²) < 4.78 is 15.6. The molecule has 0 bridgehead atoms. The van der Waals surface area contributed by atoms with E-state index in [1.807, 2.05) is 23.7 Å². The maximum atomic E-state index is 13.6. The number of nitrogens with zero attached hydrogens (tertiary/aromatic N) is 2. The van der Waals surface area contributed by atoms with Gasteiger partial charge in [0.05, 0.1) is 11.4 Å². The molecule has 0 atom stereocenters. The number of hydrogen-bond acceptors (Lipinski definition) is 2. The first-order chi connectivity index (χ1) is 9.51. The molecule has 0 saturated carbocycles. The van der Waals surface area contributed by atoms with Gasteiger partial charge in [0.2, 0.25) is 0 Å². The van der Waals surface area contributed by atoms with Gasteiger partial charge in [-0.05, 0) is 50.5 Å². The SMILES string of the molecule is CCn1nc(C)cc1CNCc1cc(C)c(F)c(C)c1. The minimum absolute atomic E-state index is 0.103. The van der Waals surface area contributed by atoms with E-state index in [9.17, 15) is 4.39 Å². The van der Waals surface area contributed by atoms with Gasteiger partial charge in [-0.1, -0.05) is 12.1 Å². The molecule has 1 aromatic carbocycles. The van der Waals surface area contributed by atoms with Crippen LogP contribution in [0.4, 0.5) is 4.39 Å². The van der Waals surface area contributed by atoms with Gasteiger partial charge in [-0.2, -0.15) is 5.10 Å². The molecule has 0 unspecified atom stereocenters. The van der Waals surface area contributed by atoms with E-state index in [1.165, 1.54) is 5.69 Å². The van der Waals surface area contributed by atoms with E-state index in [4.69, 9.17) is 0 Å². The van der Waals surface area contributed by atoms with Crippen LogP contribution in [0.3, 0.4) is 0 Å². The molecule has 0 amide bonds. The Morgan fingerprint density at radius 2 is 1.75 bits per heavy atom. The summed E-state index contributed by atoms with van der Waals surface area (Å²) in [6.45, 7) is 10.1. The highest BCUT2D eigenvalue weighted by Crippen LogP contribution is 2.14. The molecule has 1 aromatic heterocycles. The summed E-state index contributed by atoms with van der Waals surface area (Å²) in [6.07, 6.45) is 0. The first-order valence-electron chi connectivity index (χ1n) is 7.01. The number of aromatic nitrogens is 2. The van der Waals surface area contributed by atoms with E-state index >= 15 is 0 Å². The van der Waals surface area contributed by atoms with Gasteiger partial charge >= 0.3 is 0 Å². The summed E-state index contributed by atoms with van der Waals surface area (Å²) in [5.41, 5.74) is 4.74. The lowest BCUT2D eigenvalue weighted by atomic mass is 10.1. The molecule has 20 heavy (non-hydrogen) atoms. The molecule has 0 aliphatic carbocycles. The van der Waals surface area contributed by atoms with Crippen molar-refractivity contribution in [3.63, 3.8) is 0 Å². The zero-order valence-corrected chi connectivity index (χ0v) is 12.6. The Hall–Kier alpha value is -1.68. The van der Waals surface area contributed by atoms with Crippen LogP contribution in [0.15, 0.2) is 18.2 Å². The van der Waals surface area contributed by atoms with Crippen molar-refractivity contribution in [2.75, 3.05) is 0 Å². The molecule has 3 nitrogen and oxygen atoms in total. The van der Waals surface area contributed by atoms with Gasteiger partial charge in [0.25, 0.3) is 0 Å². The second-order valence-electron chi connectivity index (χ2n) is 5.24. The maximum Gasteiger partial charge on any atom is 0.129 e. The summed E-state index contributed by atoms with van der Waals surface area (Å²) >= 11 is 0. The predicted molar refractivity (Wildman–Crippen MR) is 79.1 cm³/mol. The number of benzene rings is 1. The number of rotatable bonds is 5. The van der Waals surface area contributed by atoms with Gasteiger partial charge in [-0.25, -0.2) is 4.39 Å². The first kappa shape index (κ1) is 14.7. The largest absolute Gasteiger partial charge is 0.307 e. The van der Waals surface area contributed by atoms with Gasteiger partial charge in [0, 0.05) is 19.6 Å². The fraction of sp³-hybridized carbons (Fsp3) is 0.438. The van der Waals surface area contributed by atoms with Crippen molar-refractivity contribution in [2.24, 2.45) is 0 Å². The van der Waals surface area contributed by atoms with E-state index < -0.39 is 0 Å². The third-order valence-corrected chi connectivity index (χ3v) is 3.42. The Bertz CT molecular complexity index is 579. The summed E-state index contributed by atoms with van der Waals surface area (Å²) in [4.78, 5) is 0. The normalized spacial score (nSPS) is 11.1. The van der Waals surface area contributed by atoms with Crippen molar-refractivity contribution in [1.29, 1.82) is 0 Å². The molecule has 0 saturated heterocycles. The smallest absolute Gasteiger partial charge is 0.129 e. The van der Waals surface area contributed by atoms with Crippen molar-refractivity contribution in [3.05, 3.63) is 52.1 Å². The molecule has 2 rings (SSSR count). The van der Waals surface area contributed by atoms with Crippen molar-refractivity contribution in [3.8, 4) is 0 Å². The van der Waals surface area contributed by atoms with E-state index in [1.54, 1.807) is 13.8 Å². The van der Waals surface area contributed by atoms with Gasteiger partial charge in [0.15, 0.2) is 0 Å². The van der Waals surface area contributed by atoms with Crippen LogP contribution in [0.2, 0.25) is 0 Å². The highest BCUT2D eigenvalue weighted by Gasteiger charge is 2.06. The Kier molecular flexibility index (Phi) is 4.55. The van der Waals surface area contributed by atoms with E-state index in [-0.39, 0.29) is 5.82 Å². The van der Waals surface area contributed by atoms with Crippen LogP contribution in [0.25, 0.3) is 0 Å². The Balaban J connectivity index is 1.99. The number of aryl methyl sites for hydroxylation is 4. The predicted octanol–water partition coefficient (Wildman–Crippen LogP) is 3.26. The fourth-order valence-corrected chi connectivity index (χ4v) is 2.49. The molecule has 0 radical (unpaired) electrons. The molecular weight excluding hydrogens is 253 g/mol. The van der Waals surface area contributed by atoms with Crippen LogP contribution in [-0.2, 0) is 19.6 Å². The van der Waals surface area contributed by atoms with Crippen LogP contribution in [0, 0.1) is 26.6 Å². The van der Waals surface area contributed by atoms with Crippen molar-refractivity contribution in [2.45, 2.75) is 47.3 Å². The quantitative estimate of drug-likeness (QED) is 0.907. The van der Waals surface area contributed by atoms with Crippen molar-refractivity contribution >= 4 is 0 Å². The zero-order chi connectivity index (χ0) is 14.7. The second kappa shape index (κ2) is 6.18. The molecule has 0 spiro atoms. The molecule has 0 fully saturated rings. The van der Waals surface area contributed by atoms with Crippen LogP contribution in [-0.4, -0.2) is 9.78 Å². The Morgan fingerprint density at radius 3 is 2.35 bits per heavy atom. The summed E-state index contributed by atoms with van der Waals surface area (Å²) in [5.74, 6) is -0.103. The summed E-state index contributed by atoms with van der Waals surface area (Å²) in [7, 11) is 0. The van der Waals surface area contributed by atoms with E-state index in [2.05, 4.69) is 23.4 Å². The number of hydrogen-bond donors (Lipinski definition) is 1. The van der Waals surface area contributed by atoms with Gasteiger partial charge in [-0.15, -0.1) is 0 Å². The molecule has 1 heterocycles. The average molecular weight is 275 g/mol. The third kappa shape index (κ3) is 3.25. The lowest BCUT2D eigenvalue weighted by molar-refractivity contribution is 0.577. The zero-order valence-electron chi connectivity index (χ0n) is 12.6. The van der Waals surface area contributed by atoms with Gasteiger partial charge in [0.1, 0.15) is 5.82 Å². The summed E-state index contributed by atoms with van der Waals surface area (Å²) in [6, 6.07) is 5.90. The number of nitrogens with one attached hydrogen (secondary N) is 1. The third-order valence-electron chi connectivity index (χ3n) is 3.42. The minimum atomic E-state index is -0.103. The Morgan fingerprint density at radius 1 is 1.10 bits per heavy atom.